The van der Waals surface area contributed by atoms with E-state index in [9.17, 15) is 4.79 Å². The Balaban J connectivity index is 1.27. The van der Waals surface area contributed by atoms with Crippen LogP contribution in [-0.2, 0) is 4.79 Å². The molecule has 2 aromatic carbocycles. The predicted molar refractivity (Wildman–Crippen MR) is 117 cm³/mol. The monoisotopic (exact) mass is 390 g/mol. The van der Waals surface area contributed by atoms with Crippen LogP contribution in [0.5, 0.6) is 5.75 Å². The highest BCUT2D eigenvalue weighted by Crippen LogP contribution is 2.34. The smallest absolute Gasteiger partial charge is 0.222 e. The Hall–Kier alpha value is -2.75. The van der Waals surface area contributed by atoms with Crippen molar-refractivity contribution in [3.05, 3.63) is 65.4 Å². The minimum Gasteiger partial charge on any atom is -0.494 e. The number of aryl methyl sites for hydroxylation is 2. The van der Waals surface area contributed by atoms with E-state index in [4.69, 9.17) is 4.74 Å². The van der Waals surface area contributed by atoms with E-state index in [0.717, 1.165) is 38.1 Å². The largest absolute Gasteiger partial charge is 0.494 e. The maximum absolute atomic E-state index is 12.6. The average Bonchev–Trinajstić information content (AvgIpc) is 3.08. The molecule has 4 rings (SSSR count). The number of ether oxygens (including phenoxy) is 1. The first-order valence-electron chi connectivity index (χ1n) is 10.7. The number of fused-ring (bicyclic) bond motifs is 1. The molecule has 2 heterocycles. The van der Waals surface area contributed by atoms with Crippen LogP contribution in [-0.4, -0.2) is 35.5 Å². The van der Waals surface area contributed by atoms with Crippen LogP contribution in [0.3, 0.4) is 0 Å². The van der Waals surface area contributed by atoms with Gasteiger partial charge in [0.05, 0.1) is 6.61 Å². The van der Waals surface area contributed by atoms with Gasteiger partial charge in [-0.3, -0.25) is 4.79 Å². The molecule has 152 valence electrons. The molecule has 1 aliphatic rings. The van der Waals surface area contributed by atoms with Gasteiger partial charge in [-0.1, -0.05) is 29.8 Å². The summed E-state index contributed by atoms with van der Waals surface area (Å²) in [5, 5.41) is 1.33. The average molecular weight is 391 g/mol. The van der Waals surface area contributed by atoms with Crippen LogP contribution in [0.15, 0.2) is 48.5 Å². The number of carbonyl (C=O) groups excluding carboxylic acids is 1. The SMILES string of the molecule is Cc1ccc2[nH]c(C3CCN(C(=O)CCCOc4ccccc4)CC3)c(C)c2c1. The zero-order valence-electron chi connectivity index (χ0n) is 17.4. The van der Waals surface area contributed by atoms with E-state index in [1.54, 1.807) is 0 Å². The number of benzene rings is 2. The Morgan fingerprint density at radius 2 is 1.86 bits per heavy atom. The molecule has 1 aromatic heterocycles. The second-order valence-electron chi connectivity index (χ2n) is 8.13. The lowest BCUT2D eigenvalue weighted by Gasteiger charge is -2.32. The van der Waals surface area contributed by atoms with Gasteiger partial charge in [0, 0.05) is 42.0 Å². The molecule has 0 atom stereocenters. The normalized spacial score (nSPS) is 15.0. The Kier molecular flexibility index (Phi) is 5.89. The first kappa shape index (κ1) is 19.6. The van der Waals surface area contributed by atoms with Crippen LogP contribution in [0.1, 0.15) is 48.4 Å². The van der Waals surface area contributed by atoms with E-state index < -0.39 is 0 Å². The maximum atomic E-state index is 12.6. The third-order valence-corrected chi connectivity index (χ3v) is 6.06. The van der Waals surface area contributed by atoms with Gasteiger partial charge in [-0.2, -0.15) is 0 Å². The molecule has 4 nitrogen and oxygen atoms in total. The van der Waals surface area contributed by atoms with Gasteiger partial charge >= 0.3 is 0 Å². The van der Waals surface area contributed by atoms with Crippen molar-refractivity contribution in [3.8, 4) is 5.75 Å². The molecule has 1 aliphatic heterocycles. The van der Waals surface area contributed by atoms with Crippen molar-refractivity contribution >= 4 is 16.8 Å². The number of likely N-dealkylation sites (tertiary alicyclic amines) is 1. The molecule has 1 saturated heterocycles. The zero-order valence-corrected chi connectivity index (χ0v) is 17.4. The van der Waals surface area contributed by atoms with E-state index >= 15 is 0 Å². The van der Waals surface area contributed by atoms with Crippen molar-refractivity contribution in [1.29, 1.82) is 0 Å². The number of para-hydroxylation sites is 1. The summed E-state index contributed by atoms with van der Waals surface area (Å²) in [5.41, 5.74) is 5.24. The van der Waals surface area contributed by atoms with Crippen LogP contribution in [0.25, 0.3) is 10.9 Å². The Morgan fingerprint density at radius 1 is 1.10 bits per heavy atom. The second-order valence-corrected chi connectivity index (χ2v) is 8.13. The number of amides is 1. The summed E-state index contributed by atoms with van der Waals surface area (Å²) in [6, 6.07) is 16.4. The van der Waals surface area contributed by atoms with Crippen LogP contribution in [0.2, 0.25) is 0 Å². The van der Waals surface area contributed by atoms with Crippen molar-refractivity contribution in [2.24, 2.45) is 0 Å². The first-order chi connectivity index (χ1) is 14.1. The molecule has 0 spiro atoms. The minimum absolute atomic E-state index is 0.254. The zero-order chi connectivity index (χ0) is 20.2. The summed E-state index contributed by atoms with van der Waals surface area (Å²) < 4.78 is 5.69. The van der Waals surface area contributed by atoms with Gasteiger partial charge < -0.3 is 14.6 Å². The second kappa shape index (κ2) is 8.73. The lowest BCUT2D eigenvalue weighted by molar-refractivity contribution is -0.132. The number of hydrogen-bond acceptors (Lipinski definition) is 2. The van der Waals surface area contributed by atoms with Gasteiger partial charge in [0.2, 0.25) is 5.91 Å². The Morgan fingerprint density at radius 3 is 2.62 bits per heavy atom. The highest BCUT2D eigenvalue weighted by atomic mass is 16.5. The van der Waals surface area contributed by atoms with Crippen molar-refractivity contribution in [1.82, 2.24) is 9.88 Å². The number of nitrogens with one attached hydrogen (secondary N) is 1. The lowest BCUT2D eigenvalue weighted by atomic mass is 9.91. The van der Waals surface area contributed by atoms with Crippen LogP contribution in [0, 0.1) is 13.8 Å². The van der Waals surface area contributed by atoms with Gasteiger partial charge in [0.1, 0.15) is 5.75 Å². The first-order valence-corrected chi connectivity index (χ1v) is 10.7. The third-order valence-electron chi connectivity index (χ3n) is 6.06. The van der Waals surface area contributed by atoms with Gasteiger partial charge in [-0.05, 0) is 62.9 Å². The number of nitrogens with zero attached hydrogens (tertiary/aromatic N) is 1. The number of H-pyrrole nitrogens is 1. The highest BCUT2D eigenvalue weighted by molar-refractivity contribution is 5.85. The Bertz CT molecular complexity index is 969. The molecule has 4 heteroatoms. The van der Waals surface area contributed by atoms with Gasteiger partial charge in [0.25, 0.3) is 0 Å². The molecule has 1 N–H and O–H groups in total. The molecule has 29 heavy (non-hydrogen) atoms. The van der Waals surface area contributed by atoms with E-state index in [0.29, 0.717) is 18.9 Å². The summed E-state index contributed by atoms with van der Waals surface area (Å²) in [6.45, 7) is 6.63. The number of aromatic amines is 1. The summed E-state index contributed by atoms with van der Waals surface area (Å²) in [4.78, 5) is 18.2. The van der Waals surface area contributed by atoms with Crippen molar-refractivity contribution in [2.45, 2.75) is 45.4 Å². The molecule has 0 bridgehead atoms. The standard InChI is InChI=1S/C25H30N2O2/c1-18-10-11-23-22(17-18)19(2)25(26-23)20-12-14-27(15-13-20)24(28)9-6-16-29-21-7-4-3-5-8-21/h3-5,7-8,10-11,17,20,26H,6,9,12-16H2,1-2H3. The van der Waals surface area contributed by atoms with E-state index in [2.05, 4.69) is 37.0 Å². The summed E-state index contributed by atoms with van der Waals surface area (Å²) in [5.74, 6) is 1.63. The van der Waals surface area contributed by atoms with E-state index in [1.165, 1.54) is 27.7 Å². The highest BCUT2D eigenvalue weighted by Gasteiger charge is 2.26. The van der Waals surface area contributed by atoms with E-state index in [1.807, 2.05) is 35.2 Å². The quantitative estimate of drug-likeness (QED) is 0.577. The minimum atomic E-state index is 0.254. The number of piperidine rings is 1. The topological polar surface area (TPSA) is 45.3 Å². The molecule has 0 aliphatic carbocycles. The fraction of sp³-hybridized carbons (Fsp3) is 0.400. The van der Waals surface area contributed by atoms with Crippen LogP contribution >= 0.6 is 0 Å². The molecular formula is C25H30N2O2. The molecule has 0 saturated carbocycles. The third kappa shape index (κ3) is 4.47. The lowest BCUT2D eigenvalue weighted by Crippen LogP contribution is -2.38. The van der Waals surface area contributed by atoms with Gasteiger partial charge in [-0.15, -0.1) is 0 Å². The molecule has 1 amide bonds. The molecule has 0 radical (unpaired) electrons. The van der Waals surface area contributed by atoms with Gasteiger partial charge in [-0.25, -0.2) is 0 Å². The Labute approximate surface area is 172 Å². The van der Waals surface area contributed by atoms with Gasteiger partial charge in [0.15, 0.2) is 0 Å². The number of carbonyl (C=O) groups is 1. The van der Waals surface area contributed by atoms with Crippen LogP contribution < -0.4 is 4.74 Å². The number of rotatable bonds is 6. The van der Waals surface area contributed by atoms with Crippen molar-refractivity contribution in [2.75, 3.05) is 19.7 Å². The predicted octanol–water partition coefficient (Wildman–Crippen LogP) is 5.35. The fourth-order valence-electron chi connectivity index (χ4n) is 4.38. The van der Waals surface area contributed by atoms with E-state index in [-0.39, 0.29) is 5.91 Å². The molecule has 0 unspecified atom stereocenters. The number of aromatic nitrogens is 1. The van der Waals surface area contributed by atoms with Crippen molar-refractivity contribution in [3.63, 3.8) is 0 Å². The molecule has 3 aromatic rings. The summed E-state index contributed by atoms with van der Waals surface area (Å²) in [6.07, 6.45) is 3.37. The maximum Gasteiger partial charge on any atom is 0.222 e. The summed E-state index contributed by atoms with van der Waals surface area (Å²) in [7, 11) is 0. The molecular weight excluding hydrogens is 360 g/mol. The fourth-order valence-corrected chi connectivity index (χ4v) is 4.38. The van der Waals surface area contributed by atoms with Crippen LogP contribution in [0.4, 0.5) is 0 Å². The summed E-state index contributed by atoms with van der Waals surface area (Å²) >= 11 is 0. The number of hydrogen-bond donors (Lipinski definition) is 1. The van der Waals surface area contributed by atoms with Crippen molar-refractivity contribution < 1.29 is 9.53 Å². The molecule has 1 fully saturated rings.